The fourth-order valence-electron chi connectivity index (χ4n) is 1.00. The number of carboxylic acid groups (broad SMARTS) is 1. The molecule has 18 heavy (non-hydrogen) atoms. The van der Waals surface area contributed by atoms with Crippen LogP contribution < -0.4 is 4.72 Å². The predicted octanol–water partition coefficient (Wildman–Crippen LogP) is 1.35. The van der Waals surface area contributed by atoms with E-state index in [-0.39, 0.29) is 0 Å². The van der Waals surface area contributed by atoms with Crippen LogP contribution in [0.5, 0.6) is 5.75 Å². The van der Waals surface area contributed by atoms with Crippen LogP contribution in [0.3, 0.4) is 0 Å². The Kier molecular flexibility index (Phi) is 3.42. The molecule has 6 nitrogen and oxygen atoms in total. The minimum Gasteiger partial charge on any atom is -0.505 e. The number of nitrogens with one attached hydrogen (secondary N) is 1. The number of carboxylic acids is 1. The molecular formula is C8H6F3NO5S. The number of aromatic hydroxyl groups is 1. The molecule has 10 heteroatoms. The summed E-state index contributed by atoms with van der Waals surface area (Å²) in [5, 5.41) is 17.9. The van der Waals surface area contributed by atoms with Gasteiger partial charge in [-0.3, -0.25) is 4.72 Å². The van der Waals surface area contributed by atoms with E-state index in [1.165, 1.54) is 0 Å². The SMILES string of the molecule is O=C(O)c1cccc(NS(=O)(=O)C(F)(F)F)c1O. The van der Waals surface area contributed by atoms with Crippen molar-refractivity contribution in [2.75, 3.05) is 4.72 Å². The Morgan fingerprint density at radius 3 is 2.28 bits per heavy atom. The molecule has 1 rings (SSSR count). The highest BCUT2D eigenvalue weighted by Crippen LogP contribution is 2.32. The van der Waals surface area contributed by atoms with E-state index >= 15 is 0 Å². The second-order valence-electron chi connectivity index (χ2n) is 3.06. The first-order chi connectivity index (χ1) is 8.06. The van der Waals surface area contributed by atoms with E-state index in [9.17, 15) is 31.5 Å². The number of phenols is 1. The zero-order valence-electron chi connectivity index (χ0n) is 8.39. The molecule has 0 fully saturated rings. The van der Waals surface area contributed by atoms with Gasteiger partial charge in [0.25, 0.3) is 0 Å². The van der Waals surface area contributed by atoms with Crippen molar-refractivity contribution >= 4 is 21.7 Å². The molecule has 1 aromatic rings. The summed E-state index contributed by atoms with van der Waals surface area (Å²) in [5.74, 6) is -2.71. The molecule has 0 aliphatic rings. The number of benzene rings is 1. The molecule has 100 valence electrons. The predicted molar refractivity (Wildman–Crippen MR) is 53.7 cm³/mol. The number of para-hydroxylation sites is 1. The zero-order chi connectivity index (χ0) is 14.1. The molecule has 0 heterocycles. The van der Waals surface area contributed by atoms with E-state index < -0.39 is 38.5 Å². The van der Waals surface area contributed by atoms with Crippen LogP contribution >= 0.6 is 0 Å². The van der Waals surface area contributed by atoms with E-state index in [4.69, 9.17) is 5.11 Å². The highest BCUT2D eigenvalue weighted by molar-refractivity contribution is 7.93. The van der Waals surface area contributed by atoms with Gasteiger partial charge in [-0.15, -0.1) is 0 Å². The first-order valence-electron chi connectivity index (χ1n) is 4.20. The number of hydrogen-bond acceptors (Lipinski definition) is 4. The molecule has 3 N–H and O–H groups in total. The number of halogens is 3. The second kappa shape index (κ2) is 4.37. The third kappa shape index (κ3) is 2.64. The van der Waals surface area contributed by atoms with Crippen LogP contribution in [0.15, 0.2) is 18.2 Å². The number of hydrogen-bond donors (Lipinski definition) is 3. The van der Waals surface area contributed by atoms with Crippen LogP contribution in [0.4, 0.5) is 18.9 Å². The smallest absolute Gasteiger partial charge is 0.505 e. The molecule has 1 aromatic carbocycles. The molecular weight excluding hydrogens is 279 g/mol. The number of anilines is 1. The Balaban J connectivity index is 3.23. The van der Waals surface area contributed by atoms with Gasteiger partial charge in [0.1, 0.15) is 5.56 Å². The van der Waals surface area contributed by atoms with Crippen LogP contribution in [0.1, 0.15) is 10.4 Å². The van der Waals surface area contributed by atoms with Crippen LogP contribution in [0.2, 0.25) is 0 Å². The summed E-state index contributed by atoms with van der Waals surface area (Å²) in [6, 6.07) is 2.69. The molecule has 0 saturated heterocycles. The Labute approximate surface area is 98.7 Å². The maximum absolute atomic E-state index is 12.1. The van der Waals surface area contributed by atoms with Gasteiger partial charge in [-0.05, 0) is 12.1 Å². The minimum atomic E-state index is -5.72. The molecule has 0 amide bonds. The molecule has 0 aromatic heterocycles. The van der Waals surface area contributed by atoms with Gasteiger partial charge in [0.2, 0.25) is 0 Å². The van der Waals surface area contributed by atoms with Crippen LogP contribution in [0, 0.1) is 0 Å². The molecule has 0 saturated carbocycles. The number of aromatic carboxylic acids is 1. The molecule has 0 radical (unpaired) electrons. The summed E-state index contributed by atoms with van der Waals surface area (Å²) in [5.41, 5.74) is -7.16. The van der Waals surface area contributed by atoms with Crippen LogP contribution in [0.25, 0.3) is 0 Å². The first-order valence-corrected chi connectivity index (χ1v) is 5.69. The molecule has 0 atom stereocenters. The summed E-state index contributed by atoms with van der Waals surface area (Å²) < 4.78 is 58.8. The largest absolute Gasteiger partial charge is 0.516 e. The van der Waals surface area contributed by atoms with Crippen LogP contribution in [-0.2, 0) is 10.0 Å². The highest BCUT2D eigenvalue weighted by atomic mass is 32.2. The van der Waals surface area contributed by atoms with Gasteiger partial charge in [-0.2, -0.15) is 21.6 Å². The van der Waals surface area contributed by atoms with Crippen LogP contribution in [-0.4, -0.2) is 30.1 Å². The lowest BCUT2D eigenvalue weighted by molar-refractivity contribution is -0.0429. The minimum absolute atomic E-state index is 0.725. The lowest BCUT2D eigenvalue weighted by Gasteiger charge is -2.12. The van der Waals surface area contributed by atoms with Crippen molar-refractivity contribution < 1.29 is 36.6 Å². The van der Waals surface area contributed by atoms with E-state index in [0.29, 0.717) is 0 Å². The Morgan fingerprint density at radius 2 is 1.83 bits per heavy atom. The number of sulfonamides is 1. The van der Waals surface area contributed by atoms with Gasteiger partial charge in [-0.25, -0.2) is 4.79 Å². The summed E-state index contributed by atoms with van der Waals surface area (Å²) in [6.45, 7) is 0. The monoisotopic (exact) mass is 285 g/mol. The number of alkyl halides is 3. The van der Waals surface area contributed by atoms with Gasteiger partial charge < -0.3 is 10.2 Å². The van der Waals surface area contributed by atoms with E-state index in [0.717, 1.165) is 22.9 Å². The topological polar surface area (TPSA) is 104 Å². The van der Waals surface area contributed by atoms with E-state index in [2.05, 4.69) is 0 Å². The van der Waals surface area contributed by atoms with Crippen molar-refractivity contribution in [2.45, 2.75) is 5.51 Å². The molecule has 0 spiro atoms. The van der Waals surface area contributed by atoms with Crippen molar-refractivity contribution in [3.8, 4) is 5.75 Å². The van der Waals surface area contributed by atoms with Gasteiger partial charge in [0.15, 0.2) is 5.75 Å². The van der Waals surface area contributed by atoms with Gasteiger partial charge in [0.05, 0.1) is 5.69 Å². The summed E-state index contributed by atoms with van der Waals surface area (Å²) in [6.07, 6.45) is 0. The second-order valence-corrected chi connectivity index (χ2v) is 4.73. The van der Waals surface area contributed by atoms with Crippen molar-refractivity contribution in [2.24, 2.45) is 0 Å². The normalized spacial score (nSPS) is 12.2. The van der Waals surface area contributed by atoms with Gasteiger partial charge in [-0.1, -0.05) is 6.07 Å². The maximum atomic E-state index is 12.1. The number of rotatable bonds is 3. The van der Waals surface area contributed by atoms with E-state index in [1.807, 2.05) is 0 Å². The molecule has 0 aliphatic carbocycles. The van der Waals surface area contributed by atoms with E-state index in [1.54, 1.807) is 0 Å². The lowest BCUT2D eigenvalue weighted by atomic mass is 10.2. The van der Waals surface area contributed by atoms with Crippen molar-refractivity contribution in [3.05, 3.63) is 23.8 Å². The van der Waals surface area contributed by atoms with Crippen molar-refractivity contribution in [1.29, 1.82) is 0 Å². The first kappa shape index (κ1) is 14.1. The lowest BCUT2D eigenvalue weighted by Crippen LogP contribution is -2.30. The Bertz CT molecular complexity index is 581. The fraction of sp³-hybridized carbons (Fsp3) is 0.125. The standard InChI is InChI=1S/C8H6F3NO5S/c9-8(10,11)18(16,17)12-5-3-1-2-4(6(5)13)7(14)15/h1-3,12-13H,(H,14,15). The summed E-state index contributed by atoms with van der Waals surface area (Å²) >= 11 is 0. The zero-order valence-corrected chi connectivity index (χ0v) is 9.21. The van der Waals surface area contributed by atoms with Gasteiger partial charge >= 0.3 is 21.5 Å². The van der Waals surface area contributed by atoms with Crippen molar-refractivity contribution in [1.82, 2.24) is 0 Å². The van der Waals surface area contributed by atoms with Crippen molar-refractivity contribution in [3.63, 3.8) is 0 Å². The summed E-state index contributed by atoms with van der Waals surface area (Å²) in [7, 11) is -5.72. The highest BCUT2D eigenvalue weighted by Gasteiger charge is 2.46. The molecule has 0 aliphatic heterocycles. The van der Waals surface area contributed by atoms with Gasteiger partial charge in [0, 0.05) is 0 Å². The quantitative estimate of drug-likeness (QED) is 0.727. The third-order valence-electron chi connectivity index (χ3n) is 1.82. The average Bonchev–Trinajstić information content (AvgIpc) is 2.18. The maximum Gasteiger partial charge on any atom is 0.516 e. The molecule has 0 bridgehead atoms. The Hall–Kier alpha value is -1.97. The average molecular weight is 285 g/mol. The molecule has 0 unspecified atom stereocenters. The Morgan fingerprint density at radius 1 is 1.28 bits per heavy atom. The fourth-order valence-corrected chi connectivity index (χ4v) is 1.57. The summed E-state index contributed by atoms with van der Waals surface area (Å²) in [4.78, 5) is 10.6. The third-order valence-corrected chi connectivity index (χ3v) is 2.91. The number of carbonyl (C=O) groups is 1.